The van der Waals surface area contributed by atoms with Crippen molar-refractivity contribution in [3.8, 4) is 0 Å². The summed E-state index contributed by atoms with van der Waals surface area (Å²) in [6, 6.07) is 10.4. The van der Waals surface area contributed by atoms with E-state index in [2.05, 4.69) is 10.2 Å². The highest BCUT2D eigenvalue weighted by Gasteiger charge is 2.32. The lowest BCUT2D eigenvalue weighted by atomic mass is 10.0. The minimum Gasteiger partial charge on any atom is -0.367 e. The number of anilines is 2. The standard InChI is InChI=1S/C23H26F3N3O2/c1-16-3-5-17(6-4-16)21(30)9-10-22(31)27-19-15-18(23(24,25)26)7-8-20(19)29-13-11-28(2)12-14-29/h3-8,15H,9-14H2,1-2H3,(H,27,31). The van der Waals surface area contributed by atoms with Crippen LogP contribution < -0.4 is 10.2 Å². The lowest BCUT2D eigenvalue weighted by Crippen LogP contribution is -2.44. The highest BCUT2D eigenvalue weighted by Crippen LogP contribution is 2.36. The molecule has 0 aromatic heterocycles. The number of halogens is 3. The van der Waals surface area contributed by atoms with E-state index in [4.69, 9.17) is 0 Å². The quantitative estimate of drug-likeness (QED) is 0.688. The number of benzene rings is 2. The molecule has 1 fully saturated rings. The monoisotopic (exact) mass is 433 g/mol. The highest BCUT2D eigenvalue weighted by molar-refractivity contribution is 6.01. The van der Waals surface area contributed by atoms with Crippen LogP contribution in [0, 0.1) is 6.92 Å². The summed E-state index contributed by atoms with van der Waals surface area (Å²) in [5, 5.41) is 2.60. The van der Waals surface area contributed by atoms with Crippen LogP contribution >= 0.6 is 0 Å². The van der Waals surface area contributed by atoms with Gasteiger partial charge in [0.2, 0.25) is 5.91 Å². The average molecular weight is 433 g/mol. The molecule has 0 unspecified atom stereocenters. The summed E-state index contributed by atoms with van der Waals surface area (Å²) in [6.45, 7) is 4.76. The second kappa shape index (κ2) is 9.51. The Kier molecular flexibility index (Phi) is 7.00. The van der Waals surface area contributed by atoms with Gasteiger partial charge in [-0.2, -0.15) is 13.2 Å². The van der Waals surface area contributed by atoms with Gasteiger partial charge in [0.25, 0.3) is 0 Å². The Morgan fingerprint density at radius 2 is 1.61 bits per heavy atom. The zero-order valence-corrected chi connectivity index (χ0v) is 17.6. The van der Waals surface area contributed by atoms with Crippen molar-refractivity contribution in [1.29, 1.82) is 0 Å². The van der Waals surface area contributed by atoms with Crippen molar-refractivity contribution in [3.63, 3.8) is 0 Å². The Bertz CT molecular complexity index is 934. The van der Waals surface area contributed by atoms with E-state index in [-0.39, 0.29) is 24.3 Å². The third-order valence-corrected chi connectivity index (χ3v) is 5.39. The van der Waals surface area contributed by atoms with Gasteiger partial charge in [0.15, 0.2) is 5.78 Å². The number of alkyl halides is 3. The summed E-state index contributed by atoms with van der Waals surface area (Å²) < 4.78 is 39.7. The van der Waals surface area contributed by atoms with Gasteiger partial charge >= 0.3 is 6.18 Å². The van der Waals surface area contributed by atoms with Crippen LogP contribution in [-0.2, 0) is 11.0 Å². The third kappa shape index (κ3) is 6.07. The van der Waals surface area contributed by atoms with Gasteiger partial charge < -0.3 is 15.1 Å². The summed E-state index contributed by atoms with van der Waals surface area (Å²) in [6.07, 6.45) is -4.63. The Balaban J connectivity index is 1.72. The maximum Gasteiger partial charge on any atom is 0.416 e. The van der Waals surface area contributed by atoms with Crippen LogP contribution in [0.15, 0.2) is 42.5 Å². The topological polar surface area (TPSA) is 52.7 Å². The molecular weight excluding hydrogens is 407 g/mol. The first-order valence-electron chi connectivity index (χ1n) is 10.2. The molecule has 0 atom stereocenters. The maximum absolute atomic E-state index is 13.2. The van der Waals surface area contributed by atoms with Crippen LogP contribution in [0.2, 0.25) is 0 Å². The number of hydrogen-bond acceptors (Lipinski definition) is 4. The third-order valence-electron chi connectivity index (χ3n) is 5.39. The van der Waals surface area contributed by atoms with E-state index < -0.39 is 17.6 Å². The normalized spacial score (nSPS) is 15.1. The van der Waals surface area contributed by atoms with Gasteiger partial charge in [-0.1, -0.05) is 29.8 Å². The molecule has 1 aliphatic heterocycles. The van der Waals surface area contributed by atoms with Crippen LogP contribution in [0.5, 0.6) is 0 Å². The van der Waals surface area contributed by atoms with Gasteiger partial charge in [0.05, 0.1) is 16.9 Å². The van der Waals surface area contributed by atoms with Crippen molar-refractivity contribution < 1.29 is 22.8 Å². The molecule has 0 radical (unpaired) electrons. The fourth-order valence-corrected chi connectivity index (χ4v) is 3.46. The predicted octanol–water partition coefficient (Wildman–Crippen LogP) is 4.37. The fourth-order valence-electron chi connectivity index (χ4n) is 3.46. The minimum atomic E-state index is -4.51. The van der Waals surface area contributed by atoms with Gasteiger partial charge in [0, 0.05) is 44.6 Å². The molecule has 1 saturated heterocycles. The molecule has 1 aliphatic rings. The van der Waals surface area contributed by atoms with Crippen molar-refractivity contribution in [3.05, 3.63) is 59.2 Å². The molecule has 0 bridgehead atoms. The molecule has 8 heteroatoms. The van der Waals surface area contributed by atoms with E-state index in [1.54, 1.807) is 12.1 Å². The summed E-state index contributed by atoms with van der Waals surface area (Å²) >= 11 is 0. The van der Waals surface area contributed by atoms with Crippen molar-refractivity contribution >= 4 is 23.1 Å². The van der Waals surface area contributed by atoms with Crippen molar-refractivity contribution in [2.24, 2.45) is 0 Å². The van der Waals surface area contributed by atoms with E-state index in [1.165, 1.54) is 6.07 Å². The molecule has 0 saturated carbocycles. The maximum atomic E-state index is 13.2. The number of carbonyl (C=O) groups excluding carboxylic acids is 2. The molecule has 31 heavy (non-hydrogen) atoms. The Labute approximate surface area is 179 Å². The molecule has 1 heterocycles. The number of ketones is 1. The number of carbonyl (C=O) groups is 2. The van der Waals surface area contributed by atoms with Gasteiger partial charge in [-0.3, -0.25) is 9.59 Å². The smallest absolute Gasteiger partial charge is 0.367 e. The Morgan fingerprint density at radius 1 is 0.968 bits per heavy atom. The Morgan fingerprint density at radius 3 is 2.23 bits per heavy atom. The van der Waals surface area contributed by atoms with Crippen LogP contribution in [0.4, 0.5) is 24.5 Å². The van der Waals surface area contributed by atoms with Crippen LogP contribution in [0.25, 0.3) is 0 Å². The molecular formula is C23H26F3N3O2. The van der Waals surface area contributed by atoms with Crippen LogP contribution in [-0.4, -0.2) is 49.8 Å². The first kappa shape index (κ1) is 22.8. The number of likely N-dealkylation sites (N-methyl/N-ethyl adjacent to an activating group) is 1. The van der Waals surface area contributed by atoms with E-state index in [1.807, 2.05) is 31.0 Å². The van der Waals surface area contributed by atoms with Crippen molar-refractivity contribution in [2.45, 2.75) is 25.9 Å². The second-order valence-corrected chi connectivity index (χ2v) is 7.86. The molecule has 0 spiro atoms. The number of piperazine rings is 1. The van der Waals surface area contributed by atoms with Crippen molar-refractivity contribution in [1.82, 2.24) is 4.90 Å². The second-order valence-electron chi connectivity index (χ2n) is 7.86. The van der Waals surface area contributed by atoms with Crippen molar-refractivity contribution in [2.75, 3.05) is 43.4 Å². The lowest BCUT2D eigenvalue weighted by molar-refractivity contribution is -0.137. The number of hydrogen-bond donors (Lipinski definition) is 1. The molecule has 1 amide bonds. The Hall–Kier alpha value is -2.87. The SMILES string of the molecule is Cc1ccc(C(=O)CCC(=O)Nc2cc(C(F)(F)F)ccc2N2CCN(C)CC2)cc1. The molecule has 3 rings (SSSR count). The van der Waals surface area contributed by atoms with Crippen LogP contribution in [0.1, 0.15) is 34.3 Å². The number of amides is 1. The lowest BCUT2D eigenvalue weighted by Gasteiger charge is -2.35. The fraction of sp³-hybridized carbons (Fsp3) is 0.391. The number of rotatable bonds is 6. The number of nitrogens with zero attached hydrogens (tertiary/aromatic N) is 2. The summed E-state index contributed by atoms with van der Waals surface area (Å²) in [7, 11) is 1.98. The van der Waals surface area contributed by atoms with E-state index in [0.29, 0.717) is 24.3 Å². The van der Waals surface area contributed by atoms with E-state index in [0.717, 1.165) is 30.8 Å². The zero-order chi connectivity index (χ0) is 22.6. The molecule has 2 aromatic carbocycles. The van der Waals surface area contributed by atoms with E-state index in [9.17, 15) is 22.8 Å². The molecule has 1 N–H and O–H groups in total. The highest BCUT2D eigenvalue weighted by atomic mass is 19.4. The molecule has 2 aromatic rings. The number of Topliss-reactive ketones (excluding diaryl/α,β-unsaturated/α-hetero) is 1. The predicted molar refractivity (Wildman–Crippen MR) is 115 cm³/mol. The van der Waals surface area contributed by atoms with Gasteiger partial charge in [-0.05, 0) is 32.2 Å². The summed E-state index contributed by atoms with van der Waals surface area (Å²) in [5.41, 5.74) is 1.38. The van der Waals surface area contributed by atoms with Gasteiger partial charge in [-0.15, -0.1) is 0 Å². The number of nitrogens with one attached hydrogen (secondary N) is 1. The first-order valence-corrected chi connectivity index (χ1v) is 10.2. The van der Waals surface area contributed by atoms with Gasteiger partial charge in [0.1, 0.15) is 0 Å². The zero-order valence-electron chi connectivity index (χ0n) is 17.6. The largest absolute Gasteiger partial charge is 0.416 e. The average Bonchev–Trinajstić information content (AvgIpc) is 2.72. The van der Waals surface area contributed by atoms with E-state index >= 15 is 0 Å². The first-order chi connectivity index (χ1) is 14.6. The summed E-state index contributed by atoms with van der Waals surface area (Å²) in [5.74, 6) is -0.673. The molecule has 166 valence electrons. The minimum absolute atomic E-state index is 0.0162. The van der Waals surface area contributed by atoms with Crippen LogP contribution in [0.3, 0.4) is 0 Å². The molecule has 0 aliphatic carbocycles. The summed E-state index contributed by atoms with van der Waals surface area (Å²) in [4.78, 5) is 28.9. The number of aryl methyl sites for hydroxylation is 1. The van der Waals surface area contributed by atoms with Gasteiger partial charge in [-0.25, -0.2) is 0 Å². The molecule has 5 nitrogen and oxygen atoms in total.